The average Bonchev–Trinajstić information content (AvgIpc) is 0.898. The van der Waals surface area contributed by atoms with E-state index in [4.69, 9.17) is 37.0 Å². The maximum absolute atomic E-state index is 13.2. The molecule has 0 aliphatic rings. The van der Waals surface area contributed by atoms with Gasteiger partial charge in [-0.05, 0) is 37.5 Å². The van der Waals surface area contributed by atoms with Gasteiger partial charge in [-0.2, -0.15) is 0 Å². The predicted octanol–water partition coefficient (Wildman–Crippen LogP) is 27.8. The van der Waals surface area contributed by atoms with Gasteiger partial charge in [0.05, 0.1) is 26.4 Å². The zero-order valence-electron chi connectivity index (χ0n) is 71.9. The number of phosphoric ester groups is 2. The Morgan fingerprint density at radius 2 is 0.422 bits per heavy atom. The van der Waals surface area contributed by atoms with Crippen LogP contribution in [0.1, 0.15) is 485 Å². The number of aliphatic hydroxyl groups excluding tert-OH is 1. The van der Waals surface area contributed by atoms with Gasteiger partial charge in [0.2, 0.25) is 0 Å². The molecule has 109 heavy (non-hydrogen) atoms. The van der Waals surface area contributed by atoms with Crippen LogP contribution in [0, 0.1) is 11.8 Å². The van der Waals surface area contributed by atoms with Gasteiger partial charge in [-0.15, -0.1) is 0 Å². The predicted molar refractivity (Wildman–Crippen MR) is 451 cm³/mol. The summed E-state index contributed by atoms with van der Waals surface area (Å²) in [7, 11) is -9.93. The Kier molecular flexibility index (Phi) is 79.8. The Balaban J connectivity index is 5.23. The lowest BCUT2D eigenvalue weighted by Gasteiger charge is -2.21. The minimum atomic E-state index is -4.97. The van der Waals surface area contributed by atoms with Gasteiger partial charge in [0.15, 0.2) is 12.2 Å². The quantitative estimate of drug-likeness (QED) is 0.0222. The van der Waals surface area contributed by atoms with E-state index in [1.165, 1.54) is 302 Å². The molecule has 0 saturated heterocycles. The number of hydrogen-bond acceptors (Lipinski definition) is 15. The minimum absolute atomic E-state index is 0.108. The number of rotatable bonds is 89. The summed E-state index contributed by atoms with van der Waals surface area (Å²) < 4.78 is 69.0. The standard InChI is InChI=1S/C90H176O17P2/c1-7-9-11-13-15-17-19-20-21-22-23-24-25-26-27-32-38-44-50-56-62-68-74-89(94)107-86(79-101-88(93)73-67-61-55-49-43-37-33-28-30-35-41-46-52-58-64-70-82(3)4)81-105-109(98,99)103-77-84(91)76-102-108(96,97)104-80-85(78-100-87(92)72-66-60-54-48-40-18-16-14-12-10-8-2)106-90(95)75-69-63-57-51-45-39-34-29-31-36-42-47-53-59-65-71-83(5)6/h82-86,91H,7-81H2,1-6H3,(H,96,97)(H,98,99)/t84-,85+,86+/m0/s1. The Labute approximate surface area is 670 Å². The van der Waals surface area contributed by atoms with Gasteiger partial charge >= 0.3 is 39.5 Å². The smallest absolute Gasteiger partial charge is 0.462 e. The topological polar surface area (TPSA) is 237 Å². The number of ether oxygens (including phenoxy) is 4. The number of carbonyl (C=O) groups excluding carboxylic acids is 4. The Morgan fingerprint density at radius 1 is 0.248 bits per heavy atom. The van der Waals surface area contributed by atoms with E-state index in [0.29, 0.717) is 25.7 Å². The highest BCUT2D eigenvalue weighted by molar-refractivity contribution is 7.47. The van der Waals surface area contributed by atoms with Crippen molar-refractivity contribution < 1.29 is 80.2 Å². The number of carbonyl (C=O) groups is 4. The first-order valence-corrected chi connectivity index (χ1v) is 49.5. The maximum atomic E-state index is 13.2. The van der Waals surface area contributed by atoms with Gasteiger partial charge in [-0.1, -0.05) is 433 Å². The molecule has 5 atom stereocenters. The van der Waals surface area contributed by atoms with E-state index in [-0.39, 0.29) is 25.7 Å². The van der Waals surface area contributed by atoms with Crippen LogP contribution in [0.5, 0.6) is 0 Å². The molecule has 0 amide bonds. The van der Waals surface area contributed by atoms with Crippen LogP contribution in [0.4, 0.5) is 0 Å². The summed E-state index contributed by atoms with van der Waals surface area (Å²) in [4.78, 5) is 73.4. The van der Waals surface area contributed by atoms with Crippen molar-refractivity contribution in [2.75, 3.05) is 39.6 Å². The summed E-state index contributed by atoms with van der Waals surface area (Å²) in [6.45, 7) is 9.75. The molecule has 0 aromatic carbocycles. The zero-order valence-corrected chi connectivity index (χ0v) is 73.7. The van der Waals surface area contributed by atoms with Crippen LogP contribution in [0.2, 0.25) is 0 Å². The molecule has 0 spiro atoms. The molecule has 0 fully saturated rings. The molecule has 0 rings (SSSR count). The van der Waals surface area contributed by atoms with Crippen LogP contribution in [-0.4, -0.2) is 96.7 Å². The van der Waals surface area contributed by atoms with E-state index in [2.05, 4.69) is 41.5 Å². The van der Waals surface area contributed by atoms with Gasteiger partial charge in [0, 0.05) is 25.7 Å². The molecule has 0 aromatic heterocycles. The summed E-state index contributed by atoms with van der Waals surface area (Å²) >= 11 is 0. The number of hydrogen-bond donors (Lipinski definition) is 3. The molecule has 2 unspecified atom stereocenters. The number of unbranched alkanes of at least 4 members (excludes halogenated alkanes) is 59. The first kappa shape index (κ1) is 107. The molecule has 19 heteroatoms. The SMILES string of the molecule is CCCCCCCCCCCCCCCCCCCCCCCCC(=O)O[C@H](COC(=O)CCCCCCCCCCCCCCCCCC(C)C)COP(=O)(O)OC[C@@H](O)COP(=O)(O)OC[C@@H](COC(=O)CCCCCCCCCCCCC)OC(=O)CCCCCCCCCCCCCCCCCC(C)C. The molecule has 3 N–H and O–H groups in total. The fourth-order valence-corrected chi connectivity index (χ4v) is 15.7. The molecule has 0 aromatic rings. The van der Waals surface area contributed by atoms with Gasteiger partial charge in [-0.25, -0.2) is 9.13 Å². The normalized spacial score (nSPS) is 13.8. The Hall–Kier alpha value is -1.94. The number of phosphoric acid groups is 2. The second-order valence-electron chi connectivity index (χ2n) is 33.3. The first-order chi connectivity index (χ1) is 52.9. The molecule has 648 valence electrons. The Morgan fingerprint density at radius 3 is 0.624 bits per heavy atom. The highest BCUT2D eigenvalue weighted by atomic mass is 31.2. The lowest BCUT2D eigenvalue weighted by atomic mass is 10.0. The van der Waals surface area contributed by atoms with E-state index in [1.807, 2.05) is 0 Å². The molecular formula is C90H176O17P2. The first-order valence-electron chi connectivity index (χ1n) is 46.5. The van der Waals surface area contributed by atoms with Crippen molar-refractivity contribution in [3.63, 3.8) is 0 Å². The highest BCUT2D eigenvalue weighted by Crippen LogP contribution is 2.45. The molecular weight excluding hydrogens is 1410 g/mol. The highest BCUT2D eigenvalue weighted by Gasteiger charge is 2.31. The van der Waals surface area contributed by atoms with Crippen molar-refractivity contribution in [2.24, 2.45) is 11.8 Å². The fourth-order valence-electron chi connectivity index (χ4n) is 14.1. The van der Waals surface area contributed by atoms with Crippen LogP contribution in [0.25, 0.3) is 0 Å². The van der Waals surface area contributed by atoms with Crippen molar-refractivity contribution >= 4 is 39.5 Å². The van der Waals surface area contributed by atoms with E-state index in [0.717, 1.165) is 102 Å². The molecule has 17 nitrogen and oxygen atoms in total. The van der Waals surface area contributed by atoms with Crippen LogP contribution in [0.3, 0.4) is 0 Å². The summed E-state index contributed by atoms with van der Waals surface area (Å²) in [6.07, 6.45) is 75.0. The van der Waals surface area contributed by atoms with E-state index < -0.39 is 97.5 Å². The molecule has 0 aliphatic heterocycles. The average molecular weight is 1590 g/mol. The van der Waals surface area contributed by atoms with Crippen LogP contribution < -0.4 is 0 Å². The van der Waals surface area contributed by atoms with Crippen molar-refractivity contribution in [1.82, 2.24) is 0 Å². The van der Waals surface area contributed by atoms with Gasteiger partial charge in [0.25, 0.3) is 0 Å². The second kappa shape index (κ2) is 81.2. The molecule has 0 aliphatic carbocycles. The minimum Gasteiger partial charge on any atom is -0.462 e. The van der Waals surface area contributed by atoms with E-state index in [1.54, 1.807) is 0 Å². The fraction of sp³-hybridized carbons (Fsp3) is 0.956. The third kappa shape index (κ3) is 83.8. The summed E-state index contributed by atoms with van der Waals surface area (Å²) in [5, 5.41) is 10.7. The van der Waals surface area contributed by atoms with Gasteiger partial charge in [0.1, 0.15) is 19.3 Å². The largest absolute Gasteiger partial charge is 0.472 e. The van der Waals surface area contributed by atoms with Crippen molar-refractivity contribution in [1.29, 1.82) is 0 Å². The zero-order chi connectivity index (χ0) is 79.9. The lowest BCUT2D eigenvalue weighted by Crippen LogP contribution is -2.30. The molecule has 0 bridgehead atoms. The molecule has 0 saturated carbocycles. The van der Waals surface area contributed by atoms with Crippen LogP contribution >= 0.6 is 15.6 Å². The molecule has 0 radical (unpaired) electrons. The summed E-state index contributed by atoms with van der Waals surface area (Å²) in [5.41, 5.74) is 0. The summed E-state index contributed by atoms with van der Waals surface area (Å²) in [6, 6.07) is 0. The van der Waals surface area contributed by atoms with Crippen LogP contribution in [-0.2, 0) is 65.4 Å². The second-order valence-corrected chi connectivity index (χ2v) is 36.2. The number of esters is 4. The maximum Gasteiger partial charge on any atom is 0.472 e. The Bertz CT molecular complexity index is 2080. The number of aliphatic hydroxyl groups is 1. The van der Waals surface area contributed by atoms with E-state index >= 15 is 0 Å². The van der Waals surface area contributed by atoms with Crippen molar-refractivity contribution in [3.05, 3.63) is 0 Å². The van der Waals surface area contributed by atoms with E-state index in [9.17, 15) is 43.2 Å². The third-order valence-corrected chi connectivity index (χ3v) is 23.1. The third-order valence-electron chi connectivity index (χ3n) is 21.2. The monoisotopic (exact) mass is 1590 g/mol. The van der Waals surface area contributed by atoms with Crippen molar-refractivity contribution in [2.45, 2.75) is 503 Å². The summed E-state index contributed by atoms with van der Waals surface area (Å²) in [5.74, 6) is -0.488. The van der Waals surface area contributed by atoms with Crippen molar-refractivity contribution in [3.8, 4) is 0 Å². The lowest BCUT2D eigenvalue weighted by molar-refractivity contribution is -0.161. The van der Waals surface area contributed by atoms with Gasteiger partial charge in [-0.3, -0.25) is 37.3 Å². The van der Waals surface area contributed by atoms with Crippen LogP contribution in [0.15, 0.2) is 0 Å². The van der Waals surface area contributed by atoms with Gasteiger partial charge < -0.3 is 33.8 Å². The molecule has 0 heterocycles.